The van der Waals surface area contributed by atoms with E-state index in [1.165, 1.54) is 27.7 Å². The van der Waals surface area contributed by atoms with Crippen molar-refractivity contribution in [1.29, 1.82) is 0 Å². The summed E-state index contributed by atoms with van der Waals surface area (Å²) in [6, 6.07) is 9.56. The van der Waals surface area contributed by atoms with Crippen molar-refractivity contribution in [1.82, 2.24) is 9.21 Å². The number of methoxy groups -OCH3 is 1. The Labute approximate surface area is 167 Å². The Balaban J connectivity index is 1.64. The highest BCUT2D eigenvalue weighted by Gasteiger charge is 2.31. The van der Waals surface area contributed by atoms with Gasteiger partial charge in [0.1, 0.15) is 4.21 Å². The van der Waals surface area contributed by atoms with E-state index in [4.69, 9.17) is 4.74 Å². The molecule has 8 nitrogen and oxygen atoms in total. The molecule has 1 N–H and O–H groups in total. The molecule has 0 radical (unpaired) electrons. The Hall–Kier alpha value is -2.43. The van der Waals surface area contributed by atoms with Crippen molar-refractivity contribution in [2.45, 2.75) is 11.1 Å². The van der Waals surface area contributed by atoms with Gasteiger partial charge in [-0.3, -0.25) is 0 Å². The zero-order valence-electron chi connectivity index (χ0n) is 15.5. The summed E-state index contributed by atoms with van der Waals surface area (Å²) in [5.74, 6) is -0.543. The van der Waals surface area contributed by atoms with Crippen LogP contribution in [0, 0.1) is 6.92 Å². The third-order valence-corrected chi connectivity index (χ3v) is 7.78. The van der Waals surface area contributed by atoms with Gasteiger partial charge in [0.05, 0.1) is 18.4 Å². The fourth-order valence-corrected chi connectivity index (χ4v) is 5.74. The second-order valence-electron chi connectivity index (χ2n) is 6.22. The summed E-state index contributed by atoms with van der Waals surface area (Å²) in [7, 11) is -2.26. The number of carbonyl (C=O) groups is 2. The van der Waals surface area contributed by atoms with Crippen molar-refractivity contribution >= 4 is 39.0 Å². The van der Waals surface area contributed by atoms with Crippen LogP contribution in [-0.2, 0) is 14.8 Å². The van der Waals surface area contributed by atoms with Crippen LogP contribution in [0.5, 0.6) is 0 Å². The molecule has 150 valence electrons. The molecule has 2 amide bonds. The highest BCUT2D eigenvalue weighted by atomic mass is 32.2. The number of aryl methyl sites for hydroxylation is 1. The largest absolute Gasteiger partial charge is 0.465 e. The zero-order chi connectivity index (χ0) is 20.3. The van der Waals surface area contributed by atoms with Crippen molar-refractivity contribution in [2.75, 3.05) is 38.6 Å². The fourth-order valence-electron chi connectivity index (χ4n) is 2.88. The molecule has 1 aromatic carbocycles. The topological polar surface area (TPSA) is 96.0 Å². The molecular formula is C18H21N3O5S2. The first-order valence-corrected chi connectivity index (χ1v) is 10.9. The monoisotopic (exact) mass is 423 g/mol. The molecule has 1 aromatic heterocycles. The van der Waals surface area contributed by atoms with E-state index in [1.54, 1.807) is 36.4 Å². The van der Waals surface area contributed by atoms with Crippen LogP contribution >= 0.6 is 11.3 Å². The fraction of sp³-hybridized carbons (Fsp3) is 0.333. The number of urea groups is 1. The Morgan fingerprint density at radius 3 is 2.36 bits per heavy atom. The van der Waals surface area contributed by atoms with Gasteiger partial charge in [0.15, 0.2) is 0 Å². The van der Waals surface area contributed by atoms with E-state index in [0.29, 0.717) is 9.90 Å². The number of sulfonamides is 1. The van der Waals surface area contributed by atoms with E-state index in [2.05, 4.69) is 5.32 Å². The van der Waals surface area contributed by atoms with Gasteiger partial charge in [0, 0.05) is 31.1 Å². The SMILES string of the molecule is COC(=O)c1ccccc1NC(=O)N1CCN(S(=O)(=O)c2ccc(C)s2)CC1. The van der Waals surface area contributed by atoms with Crippen molar-refractivity contribution < 1.29 is 22.7 Å². The molecule has 1 aliphatic rings. The number of ether oxygens (including phenoxy) is 1. The van der Waals surface area contributed by atoms with E-state index < -0.39 is 16.0 Å². The van der Waals surface area contributed by atoms with Crippen LogP contribution in [0.2, 0.25) is 0 Å². The summed E-state index contributed by atoms with van der Waals surface area (Å²) in [5.41, 5.74) is 0.607. The zero-order valence-corrected chi connectivity index (χ0v) is 17.2. The van der Waals surface area contributed by atoms with E-state index >= 15 is 0 Å². The molecule has 0 bridgehead atoms. The number of para-hydroxylation sites is 1. The van der Waals surface area contributed by atoms with Crippen molar-refractivity contribution in [3.63, 3.8) is 0 Å². The molecule has 28 heavy (non-hydrogen) atoms. The van der Waals surface area contributed by atoms with Gasteiger partial charge >= 0.3 is 12.0 Å². The average molecular weight is 424 g/mol. The maximum Gasteiger partial charge on any atom is 0.339 e. The number of nitrogens with zero attached hydrogens (tertiary/aromatic N) is 2. The lowest BCUT2D eigenvalue weighted by atomic mass is 10.2. The highest BCUT2D eigenvalue weighted by Crippen LogP contribution is 2.25. The lowest BCUT2D eigenvalue weighted by Gasteiger charge is -2.33. The smallest absolute Gasteiger partial charge is 0.339 e. The number of thiophene rings is 1. The minimum atomic E-state index is -3.54. The minimum Gasteiger partial charge on any atom is -0.465 e. The maximum absolute atomic E-state index is 12.7. The molecule has 1 fully saturated rings. The summed E-state index contributed by atoms with van der Waals surface area (Å²) < 4.78 is 31.8. The molecule has 0 unspecified atom stereocenters. The summed E-state index contributed by atoms with van der Waals surface area (Å²) in [5, 5.41) is 2.70. The van der Waals surface area contributed by atoms with Crippen molar-refractivity contribution in [2.24, 2.45) is 0 Å². The highest BCUT2D eigenvalue weighted by molar-refractivity contribution is 7.91. The number of carbonyl (C=O) groups excluding carboxylic acids is 2. The molecule has 1 aliphatic heterocycles. The molecule has 0 spiro atoms. The lowest BCUT2D eigenvalue weighted by molar-refractivity contribution is 0.0602. The minimum absolute atomic E-state index is 0.214. The van der Waals surface area contributed by atoms with Crippen LogP contribution in [0.3, 0.4) is 0 Å². The van der Waals surface area contributed by atoms with Gasteiger partial charge in [-0.2, -0.15) is 4.31 Å². The van der Waals surface area contributed by atoms with Crippen LogP contribution in [0.15, 0.2) is 40.6 Å². The van der Waals surface area contributed by atoms with E-state index in [-0.39, 0.29) is 37.8 Å². The second kappa shape index (κ2) is 8.29. The number of amides is 2. The first-order chi connectivity index (χ1) is 13.3. The van der Waals surface area contributed by atoms with Crippen LogP contribution in [0.4, 0.5) is 10.5 Å². The molecule has 0 aliphatic carbocycles. The Bertz CT molecular complexity index is 979. The van der Waals surface area contributed by atoms with Crippen LogP contribution in [-0.4, -0.2) is 62.9 Å². The van der Waals surface area contributed by atoms with Gasteiger partial charge in [-0.1, -0.05) is 12.1 Å². The number of anilines is 1. The third-order valence-electron chi connectivity index (χ3n) is 4.41. The number of hydrogen-bond acceptors (Lipinski definition) is 6. The predicted molar refractivity (Wildman–Crippen MR) is 106 cm³/mol. The standard InChI is InChI=1S/C18H21N3O5S2/c1-13-7-8-16(27-13)28(24,25)21-11-9-20(10-12-21)18(23)19-15-6-4-3-5-14(15)17(22)26-2/h3-8H,9-12H2,1-2H3,(H,19,23). The van der Waals surface area contributed by atoms with E-state index in [9.17, 15) is 18.0 Å². The molecule has 2 aromatic rings. The summed E-state index contributed by atoms with van der Waals surface area (Å²) in [6.07, 6.45) is 0. The number of esters is 1. The average Bonchev–Trinajstić information content (AvgIpc) is 3.15. The number of hydrogen-bond donors (Lipinski definition) is 1. The van der Waals surface area contributed by atoms with Gasteiger partial charge in [0.2, 0.25) is 0 Å². The molecule has 3 rings (SSSR count). The van der Waals surface area contributed by atoms with Gasteiger partial charge in [-0.25, -0.2) is 18.0 Å². The Morgan fingerprint density at radius 1 is 1.07 bits per heavy atom. The van der Waals surface area contributed by atoms with Crippen LogP contribution < -0.4 is 5.32 Å². The summed E-state index contributed by atoms with van der Waals surface area (Å²) in [4.78, 5) is 26.8. The molecular weight excluding hydrogens is 402 g/mol. The summed E-state index contributed by atoms with van der Waals surface area (Å²) >= 11 is 1.24. The van der Waals surface area contributed by atoms with Gasteiger partial charge in [0.25, 0.3) is 10.0 Å². The van der Waals surface area contributed by atoms with E-state index in [1.807, 2.05) is 6.92 Å². The van der Waals surface area contributed by atoms with Gasteiger partial charge < -0.3 is 15.0 Å². The maximum atomic E-state index is 12.7. The first-order valence-electron chi connectivity index (χ1n) is 8.63. The number of nitrogens with one attached hydrogen (secondary N) is 1. The van der Waals surface area contributed by atoms with Crippen LogP contribution in [0.1, 0.15) is 15.2 Å². The molecule has 0 saturated carbocycles. The molecule has 2 heterocycles. The Kier molecular flexibility index (Phi) is 6.01. The number of piperazine rings is 1. The third kappa shape index (κ3) is 4.18. The molecule has 10 heteroatoms. The quantitative estimate of drug-likeness (QED) is 0.762. The van der Waals surface area contributed by atoms with Gasteiger partial charge in [-0.15, -0.1) is 11.3 Å². The molecule has 0 atom stereocenters. The predicted octanol–water partition coefficient (Wildman–Crippen LogP) is 2.38. The lowest BCUT2D eigenvalue weighted by Crippen LogP contribution is -2.51. The molecule has 1 saturated heterocycles. The van der Waals surface area contributed by atoms with Crippen molar-refractivity contribution in [3.8, 4) is 0 Å². The first kappa shape index (κ1) is 20.3. The second-order valence-corrected chi connectivity index (χ2v) is 9.68. The Morgan fingerprint density at radius 2 is 1.75 bits per heavy atom. The number of benzene rings is 1. The van der Waals surface area contributed by atoms with E-state index in [0.717, 1.165) is 4.88 Å². The van der Waals surface area contributed by atoms with Crippen LogP contribution in [0.25, 0.3) is 0 Å². The summed E-state index contributed by atoms with van der Waals surface area (Å²) in [6.45, 7) is 2.81. The number of rotatable bonds is 4. The normalized spacial score (nSPS) is 15.3. The van der Waals surface area contributed by atoms with Crippen molar-refractivity contribution in [3.05, 3.63) is 46.8 Å². The van der Waals surface area contributed by atoms with Gasteiger partial charge in [-0.05, 0) is 31.2 Å².